The van der Waals surface area contributed by atoms with Gasteiger partial charge in [0.2, 0.25) is 0 Å². The molecule has 4 nitrogen and oxygen atoms in total. The predicted octanol–water partition coefficient (Wildman–Crippen LogP) is 3.19. The van der Waals surface area contributed by atoms with Crippen molar-refractivity contribution in [2.75, 3.05) is 13.6 Å². The summed E-state index contributed by atoms with van der Waals surface area (Å²) in [5.74, 6) is 0.0182. The van der Waals surface area contributed by atoms with Gasteiger partial charge >= 0.3 is 0 Å². The third-order valence-corrected chi connectivity index (χ3v) is 3.93. The average molecular weight is 293 g/mol. The summed E-state index contributed by atoms with van der Waals surface area (Å²) < 4.78 is 0. The summed E-state index contributed by atoms with van der Waals surface area (Å²) in [6, 6.07) is 11.9. The topological polar surface area (TPSA) is 49.0 Å². The maximum absolute atomic E-state index is 12.5. The number of aromatic nitrogens is 2. The molecular weight excluding hydrogens is 274 g/mol. The second-order valence-corrected chi connectivity index (χ2v) is 5.55. The lowest BCUT2D eigenvalue weighted by atomic mass is 10.2. The summed E-state index contributed by atoms with van der Waals surface area (Å²) in [7, 11) is 1.84. The highest BCUT2D eigenvalue weighted by Crippen LogP contribution is 2.19. The van der Waals surface area contributed by atoms with Crippen LogP contribution in [-0.2, 0) is 6.42 Å². The van der Waals surface area contributed by atoms with Gasteiger partial charge in [-0.1, -0.05) is 18.2 Å². The largest absolute Gasteiger partial charge is 0.350 e. The third kappa shape index (κ3) is 2.86. The van der Waals surface area contributed by atoms with Crippen LogP contribution in [0.5, 0.6) is 0 Å². The molecule has 4 heteroatoms. The van der Waals surface area contributed by atoms with E-state index in [1.54, 1.807) is 17.3 Å². The molecule has 1 amide bonds. The van der Waals surface area contributed by atoms with Crippen molar-refractivity contribution in [3.8, 4) is 0 Å². The Morgan fingerprint density at radius 3 is 2.73 bits per heavy atom. The molecule has 0 spiro atoms. The van der Waals surface area contributed by atoms with E-state index in [0.29, 0.717) is 12.2 Å². The molecule has 2 aromatic heterocycles. The number of hydrogen-bond acceptors (Lipinski definition) is 2. The third-order valence-electron chi connectivity index (χ3n) is 3.93. The van der Waals surface area contributed by atoms with Crippen molar-refractivity contribution in [2.45, 2.75) is 13.3 Å². The maximum atomic E-state index is 12.5. The summed E-state index contributed by atoms with van der Waals surface area (Å²) in [6.45, 7) is 2.72. The van der Waals surface area contributed by atoms with Gasteiger partial charge in [0.25, 0.3) is 5.91 Å². The Morgan fingerprint density at radius 1 is 1.23 bits per heavy atom. The average Bonchev–Trinajstić information content (AvgIpc) is 2.98. The molecule has 0 bridgehead atoms. The van der Waals surface area contributed by atoms with E-state index in [1.165, 1.54) is 5.56 Å². The quantitative estimate of drug-likeness (QED) is 0.803. The van der Waals surface area contributed by atoms with Gasteiger partial charge in [-0.3, -0.25) is 9.78 Å². The Hall–Kier alpha value is -2.62. The Kier molecular flexibility index (Phi) is 3.92. The Labute approximate surface area is 129 Å². The van der Waals surface area contributed by atoms with Crippen LogP contribution in [0.2, 0.25) is 0 Å². The number of benzene rings is 1. The lowest BCUT2D eigenvalue weighted by molar-refractivity contribution is 0.0792. The van der Waals surface area contributed by atoms with Crippen LogP contribution in [0.4, 0.5) is 0 Å². The van der Waals surface area contributed by atoms with Crippen LogP contribution in [0.25, 0.3) is 10.9 Å². The molecule has 112 valence electrons. The summed E-state index contributed by atoms with van der Waals surface area (Å²) in [5, 5.41) is 1.07. The molecule has 3 aromatic rings. The highest BCUT2D eigenvalue weighted by Gasteiger charge is 2.14. The highest BCUT2D eigenvalue weighted by atomic mass is 16.2. The molecule has 0 aliphatic rings. The monoisotopic (exact) mass is 293 g/mol. The van der Waals surface area contributed by atoms with Crippen LogP contribution in [0, 0.1) is 6.92 Å². The van der Waals surface area contributed by atoms with Crippen molar-refractivity contribution in [1.29, 1.82) is 0 Å². The second-order valence-electron chi connectivity index (χ2n) is 5.55. The number of pyridine rings is 1. The van der Waals surface area contributed by atoms with Crippen molar-refractivity contribution in [3.63, 3.8) is 0 Å². The standard InChI is InChI=1S/C18H19N3O/c1-13-4-3-5-15-12-16(20-17(13)15)18(22)21(2)11-8-14-6-9-19-10-7-14/h3-7,9-10,12,20H,8,11H2,1-2H3. The number of carbonyl (C=O) groups excluding carboxylic acids is 1. The number of para-hydroxylation sites is 1. The molecule has 1 N–H and O–H groups in total. The van der Waals surface area contributed by atoms with Crippen LogP contribution in [0.1, 0.15) is 21.6 Å². The van der Waals surface area contributed by atoms with E-state index in [4.69, 9.17) is 0 Å². The fourth-order valence-electron chi connectivity index (χ4n) is 2.58. The molecular formula is C18H19N3O. The van der Waals surface area contributed by atoms with Gasteiger partial charge in [-0.05, 0) is 42.7 Å². The maximum Gasteiger partial charge on any atom is 0.270 e. The molecule has 1 aromatic carbocycles. The summed E-state index contributed by atoms with van der Waals surface area (Å²) in [6.07, 6.45) is 4.37. The molecule has 0 saturated heterocycles. The lowest BCUT2D eigenvalue weighted by Gasteiger charge is -2.16. The van der Waals surface area contributed by atoms with Crippen molar-refractivity contribution < 1.29 is 4.79 Å². The normalized spacial score (nSPS) is 10.8. The van der Waals surface area contributed by atoms with Crippen molar-refractivity contribution in [2.24, 2.45) is 0 Å². The number of fused-ring (bicyclic) bond motifs is 1. The van der Waals surface area contributed by atoms with Crippen molar-refractivity contribution in [1.82, 2.24) is 14.9 Å². The summed E-state index contributed by atoms with van der Waals surface area (Å²) >= 11 is 0. The Morgan fingerprint density at radius 2 is 2.00 bits per heavy atom. The molecule has 0 unspecified atom stereocenters. The molecule has 0 radical (unpaired) electrons. The molecule has 3 rings (SSSR count). The molecule has 0 saturated carbocycles. The number of amides is 1. The SMILES string of the molecule is Cc1cccc2cc(C(=O)N(C)CCc3ccncc3)[nH]c12. The first-order valence-corrected chi connectivity index (χ1v) is 7.38. The van der Waals surface area contributed by atoms with Gasteiger partial charge in [-0.2, -0.15) is 0 Å². The number of H-pyrrole nitrogens is 1. The second kappa shape index (κ2) is 6.02. The number of aromatic amines is 1. The zero-order chi connectivity index (χ0) is 15.5. The fourth-order valence-corrected chi connectivity index (χ4v) is 2.58. The zero-order valence-corrected chi connectivity index (χ0v) is 12.8. The molecule has 0 aliphatic carbocycles. The summed E-state index contributed by atoms with van der Waals surface area (Å²) in [4.78, 5) is 21.5. The van der Waals surface area contributed by atoms with Gasteiger partial charge in [-0.15, -0.1) is 0 Å². The van der Waals surface area contributed by atoms with Crippen LogP contribution >= 0.6 is 0 Å². The highest BCUT2D eigenvalue weighted by molar-refractivity contribution is 5.98. The van der Waals surface area contributed by atoms with Gasteiger partial charge in [0.05, 0.1) is 0 Å². The minimum Gasteiger partial charge on any atom is -0.350 e. The smallest absolute Gasteiger partial charge is 0.270 e. The summed E-state index contributed by atoms with van der Waals surface area (Å²) in [5.41, 5.74) is 4.01. The molecule has 0 atom stereocenters. The van der Waals surface area contributed by atoms with Gasteiger partial charge < -0.3 is 9.88 Å². The van der Waals surface area contributed by atoms with Crippen LogP contribution in [0.15, 0.2) is 48.8 Å². The minimum absolute atomic E-state index is 0.0182. The predicted molar refractivity (Wildman–Crippen MR) is 87.9 cm³/mol. The van der Waals surface area contributed by atoms with E-state index in [1.807, 2.05) is 50.4 Å². The first-order valence-electron chi connectivity index (χ1n) is 7.38. The van der Waals surface area contributed by atoms with Crippen molar-refractivity contribution in [3.05, 3.63) is 65.6 Å². The zero-order valence-electron chi connectivity index (χ0n) is 12.8. The van der Waals surface area contributed by atoms with E-state index in [0.717, 1.165) is 22.9 Å². The molecule has 22 heavy (non-hydrogen) atoms. The number of aryl methyl sites for hydroxylation is 1. The van der Waals surface area contributed by atoms with Gasteiger partial charge in [0.15, 0.2) is 0 Å². The number of nitrogens with one attached hydrogen (secondary N) is 1. The van der Waals surface area contributed by atoms with E-state index in [2.05, 4.69) is 9.97 Å². The molecule has 0 fully saturated rings. The van der Waals surface area contributed by atoms with Crippen molar-refractivity contribution >= 4 is 16.8 Å². The Bertz CT molecular complexity index is 792. The molecule has 2 heterocycles. The number of likely N-dealkylation sites (N-methyl/N-ethyl adjacent to an activating group) is 1. The van der Waals surface area contributed by atoms with E-state index >= 15 is 0 Å². The van der Waals surface area contributed by atoms with E-state index < -0.39 is 0 Å². The van der Waals surface area contributed by atoms with Crippen LogP contribution in [0.3, 0.4) is 0 Å². The number of hydrogen-bond donors (Lipinski definition) is 1. The van der Waals surface area contributed by atoms with E-state index in [-0.39, 0.29) is 5.91 Å². The van der Waals surface area contributed by atoms with E-state index in [9.17, 15) is 4.79 Å². The minimum atomic E-state index is 0.0182. The van der Waals surface area contributed by atoms with Crippen LogP contribution in [-0.4, -0.2) is 34.4 Å². The van der Waals surface area contributed by atoms with Gasteiger partial charge in [0.1, 0.15) is 5.69 Å². The lowest BCUT2D eigenvalue weighted by Crippen LogP contribution is -2.29. The Balaban J connectivity index is 1.73. The first-order chi connectivity index (χ1) is 10.6. The van der Waals surface area contributed by atoms with Gasteiger partial charge in [0, 0.05) is 36.9 Å². The number of rotatable bonds is 4. The first kappa shape index (κ1) is 14.3. The number of carbonyl (C=O) groups is 1. The van der Waals surface area contributed by atoms with Gasteiger partial charge in [-0.25, -0.2) is 0 Å². The number of nitrogens with zero attached hydrogens (tertiary/aromatic N) is 2. The molecule has 0 aliphatic heterocycles. The fraction of sp³-hybridized carbons (Fsp3) is 0.222. The van der Waals surface area contributed by atoms with Crippen LogP contribution < -0.4 is 0 Å².